The van der Waals surface area contributed by atoms with E-state index < -0.39 is 0 Å². The molecule has 3 rings (SSSR count). The van der Waals surface area contributed by atoms with Crippen molar-refractivity contribution in [2.75, 3.05) is 12.4 Å². The van der Waals surface area contributed by atoms with Crippen molar-refractivity contribution in [1.82, 2.24) is 5.32 Å². The van der Waals surface area contributed by atoms with Gasteiger partial charge in [-0.2, -0.15) is 0 Å². The van der Waals surface area contributed by atoms with Crippen molar-refractivity contribution in [3.63, 3.8) is 0 Å². The highest BCUT2D eigenvalue weighted by atomic mass is 16.5. The Labute approximate surface area is 148 Å². The molecule has 0 saturated heterocycles. The molecule has 25 heavy (non-hydrogen) atoms. The monoisotopic (exact) mass is 340 g/mol. The van der Waals surface area contributed by atoms with Crippen LogP contribution in [0.2, 0.25) is 0 Å². The standard InChI is InChI=1S/C20H24N2O3/c1-13-9-10-14-16(12-20(2,3)25-18(14)11-13)22-19(23)21-15-7-5-6-8-17(15)24-4/h5-11,16H,12H2,1-4H3,(H2,21,22,23). The maximum Gasteiger partial charge on any atom is 0.319 e. The number of carbonyl (C=O) groups is 1. The van der Waals surface area contributed by atoms with Crippen LogP contribution in [0, 0.1) is 6.92 Å². The molecule has 0 saturated carbocycles. The molecule has 0 aromatic heterocycles. The van der Waals surface area contributed by atoms with Crippen LogP contribution in [0.5, 0.6) is 11.5 Å². The smallest absolute Gasteiger partial charge is 0.319 e. The second-order valence-electron chi connectivity index (χ2n) is 6.96. The molecule has 1 atom stereocenters. The summed E-state index contributed by atoms with van der Waals surface area (Å²) in [5.74, 6) is 1.46. The second kappa shape index (κ2) is 6.67. The number of hydrogen-bond donors (Lipinski definition) is 2. The number of ether oxygens (including phenoxy) is 2. The molecule has 0 bridgehead atoms. The van der Waals surface area contributed by atoms with Crippen LogP contribution in [-0.4, -0.2) is 18.7 Å². The van der Waals surface area contributed by atoms with E-state index in [0.29, 0.717) is 17.9 Å². The summed E-state index contributed by atoms with van der Waals surface area (Å²) in [6.45, 7) is 6.10. The zero-order valence-corrected chi connectivity index (χ0v) is 15.1. The molecule has 132 valence electrons. The normalized spacial score (nSPS) is 17.8. The highest BCUT2D eigenvalue weighted by molar-refractivity contribution is 5.91. The number of hydrogen-bond acceptors (Lipinski definition) is 3. The predicted octanol–water partition coefficient (Wildman–Crippen LogP) is 4.43. The molecule has 2 N–H and O–H groups in total. The summed E-state index contributed by atoms with van der Waals surface area (Å²) in [5.41, 5.74) is 2.43. The first-order valence-electron chi connectivity index (χ1n) is 8.38. The third-order valence-corrected chi connectivity index (χ3v) is 4.29. The number of benzene rings is 2. The van der Waals surface area contributed by atoms with E-state index in [9.17, 15) is 4.79 Å². The van der Waals surface area contributed by atoms with Gasteiger partial charge in [0.25, 0.3) is 0 Å². The van der Waals surface area contributed by atoms with E-state index in [2.05, 4.69) is 10.6 Å². The highest BCUT2D eigenvalue weighted by Crippen LogP contribution is 2.40. The average Bonchev–Trinajstić information content (AvgIpc) is 2.53. The fourth-order valence-electron chi connectivity index (χ4n) is 3.15. The van der Waals surface area contributed by atoms with Crippen molar-refractivity contribution < 1.29 is 14.3 Å². The minimum atomic E-state index is -0.344. The predicted molar refractivity (Wildman–Crippen MR) is 98.4 cm³/mol. The SMILES string of the molecule is COc1ccccc1NC(=O)NC1CC(C)(C)Oc2cc(C)ccc21. The lowest BCUT2D eigenvalue weighted by atomic mass is 9.89. The van der Waals surface area contributed by atoms with Gasteiger partial charge in [-0.1, -0.05) is 24.3 Å². The lowest BCUT2D eigenvalue weighted by Crippen LogP contribution is -2.42. The third-order valence-electron chi connectivity index (χ3n) is 4.29. The first kappa shape index (κ1) is 17.1. The maximum atomic E-state index is 12.5. The largest absolute Gasteiger partial charge is 0.495 e. The molecule has 1 unspecified atom stereocenters. The molecular weight excluding hydrogens is 316 g/mol. The van der Waals surface area contributed by atoms with Crippen LogP contribution >= 0.6 is 0 Å². The van der Waals surface area contributed by atoms with Gasteiger partial charge >= 0.3 is 6.03 Å². The molecule has 0 aliphatic carbocycles. The van der Waals surface area contributed by atoms with Gasteiger partial charge in [-0.05, 0) is 44.5 Å². The zero-order valence-electron chi connectivity index (χ0n) is 15.1. The number of para-hydroxylation sites is 2. The molecule has 0 fully saturated rings. The molecule has 0 radical (unpaired) electrons. The third kappa shape index (κ3) is 3.87. The van der Waals surface area contributed by atoms with Crippen molar-refractivity contribution in [2.45, 2.75) is 38.8 Å². The van der Waals surface area contributed by atoms with Gasteiger partial charge < -0.3 is 20.1 Å². The molecule has 2 aromatic carbocycles. The summed E-state index contributed by atoms with van der Waals surface area (Å²) in [4.78, 5) is 12.5. The number of carbonyl (C=O) groups excluding carboxylic acids is 1. The summed E-state index contributed by atoms with van der Waals surface area (Å²) >= 11 is 0. The Balaban J connectivity index is 1.79. The molecular formula is C20H24N2O3. The van der Waals surface area contributed by atoms with Gasteiger partial charge in [0, 0.05) is 12.0 Å². The molecule has 5 heteroatoms. The van der Waals surface area contributed by atoms with Gasteiger partial charge in [0.1, 0.15) is 17.1 Å². The van der Waals surface area contributed by atoms with Gasteiger partial charge in [0.15, 0.2) is 0 Å². The first-order chi connectivity index (χ1) is 11.9. The second-order valence-corrected chi connectivity index (χ2v) is 6.96. The van der Waals surface area contributed by atoms with Crippen LogP contribution in [0.25, 0.3) is 0 Å². The Morgan fingerprint density at radius 1 is 1.24 bits per heavy atom. The highest BCUT2D eigenvalue weighted by Gasteiger charge is 2.34. The van der Waals surface area contributed by atoms with Crippen molar-refractivity contribution in [1.29, 1.82) is 0 Å². The molecule has 0 spiro atoms. The van der Waals surface area contributed by atoms with Gasteiger partial charge in [-0.3, -0.25) is 0 Å². The first-order valence-corrected chi connectivity index (χ1v) is 8.38. The molecule has 1 aliphatic rings. The van der Waals surface area contributed by atoms with E-state index in [1.807, 2.05) is 63.2 Å². The Hall–Kier alpha value is -2.69. The Bertz CT molecular complexity index is 786. The number of aryl methyl sites for hydroxylation is 1. The van der Waals surface area contributed by atoms with Crippen LogP contribution in [0.3, 0.4) is 0 Å². The minimum Gasteiger partial charge on any atom is -0.495 e. The lowest BCUT2D eigenvalue weighted by molar-refractivity contribution is 0.0682. The van der Waals surface area contributed by atoms with E-state index in [1.165, 1.54) is 0 Å². The summed E-state index contributed by atoms with van der Waals surface area (Å²) < 4.78 is 11.4. The van der Waals surface area contributed by atoms with Crippen molar-refractivity contribution in [3.8, 4) is 11.5 Å². The number of amides is 2. The number of nitrogens with one attached hydrogen (secondary N) is 2. The Morgan fingerprint density at radius 3 is 2.76 bits per heavy atom. The van der Waals surface area contributed by atoms with E-state index in [-0.39, 0.29) is 17.7 Å². The number of urea groups is 1. The zero-order chi connectivity index (χ0) is 18.0. The van der Waals surface area contributed by atoms with Crippen LogP contribution in [0.4, 0.5) is 10.5 Å². The molecule has 2 aromatic rings. The van der Waals surface area contributed by atoms with E-state index in [0.717, 1.165) is 16.9 Å². The van der Waals surface area contributed by atoms with Crippen molar-refractivity contribution in [2.24, 2.45) is 0 Å². The summed E-state index contributed by atoms with van der Waals surface area (Å²) in [5, 5.41) is 5.93. The van der Waals surface area contributed by atoms with Crippen LogP contribution in [0.15, 0.2) is 42.5 Å². The molecule has 5 nitrogen and oxygen atoms in total. The molecule has 2 amide bonds. The van der Waals surface area contributed by atoms with Gasteiger partial charge in [0.2, 0.25) is 0 Å². The number of fused-ring (bicyclic) bond motifs is 1. The van der Waals surface area contributed by atoms with Crippen molar-refractivity contribution in [3.05, 3.63) is 53.6 Å². The summed E-state index contributed by atoms with van der Waals surface area (Å²) in [6, 6.07) is 13.0. The van der Waals surface area contributed by atoms with Crippen LogP contribution in [-0.2, 0) is 0 Å². The van der Waals surface area contributed by atoms with Gasteiger partial charge in [-0.15, -0.1) is 0 Å². The quantitative estimate of drug-likeness (QED) is 0.869. The lowest BCUT2D eigenvalue weighted by Gasteiger charge is -2.38. The van der Waals surface area contributed by atoms with Crippen LogP contribution in [0.1, 0.15) is 37.4 Å². The van der Waals surface area contributed by atoms with Crippen LogP contribution < -0.4 is 20.1 Å². The van der Waals surface area contributed by atoms with Gasteiger partial charge in [0.05, 0.1) is 18.8 Å². The fraction of sp³-hybridized carbons (Fsp3) is 0.350. The number of rotatable bonds is 3. The topological polar surface area (TPSA) is 59.6 Å². The maximum absolute atomic E-state index is 12.5. The van der Waals surface area contributed by atoms with E-state index in [1.54, 1.807) is 7.11 Å². The van der Waals surface area contributed by atoms with E-state index in [4.69, 9.17) is 9.47 Å². The molecule has 1 heterocycles. The fourth-order valence-corrected chi connectivity index (χ4v) is 3.15. The van der Waals surface area contributed by atoms with Crippen molar-refractivity contribution >= 4 is 11.7 Å². The summed E-state index contributed by atoms with van der Waals surface area (Å²) in [6.07, 6.45) is 0.697. The minimum absolute atomic E-state index is 0.117. The Morgan fingerprint density at radius 2 is 2.00 bits per heavy atom. The molecule has 1 aliphatic heterocycles. The number of anilines is 1. The van der Waals surface area contributed by atoms with Gasteiger partial charge in [-0.25, -0.2) is 4.79 Å². The average molecular weight is 340 g/mol. The summed E-state index contributed by atoms with van der Waals surface area (Å²) in [7, 11) is 1.58. The number of methoxy groups -OCH3 is 1. The van der Waals surface area contributed by atoms with E-state index >= 15 is 0 Å². The Kier molecular flexibility index (Phi) is 4.57.